The van der Waals surface area contributed by atoms with Gasteiger partial charge >= 0.3 is 0 Å². The number of hydrogen-bond acceptors (Lipinski definition) is 5. The van der Waals surface area contributed by atoms with E-state index in [4.69, 9.17) is 10.5 Å². The fourth-order valence-electron chi connectivity index (χ4n) is 2.19. The van der Waals surface area contributed by atoms with Gasteiger partial charge in [-0.05, 0) is 30.5 Å². The summed E-state index contributed by atoms with van der Waals surface area (Å²) in [4.78, 5) is 4.24. The Labute approximate surface area is 121 Å². The molecule has 1 aliphatic heterocycles. The van der Waals surface area contributed by atoms with E-state index in [-0.39, 0.29) is 0 Å². The predicted octanol–water partition coefficient (Wildman–Crippen LogP) is 3.30. The molecule has 0 radical (unpaired) electrons. The van der Waals surface area contributed by atoms with Crippen molar-refractivity contribution >= 4 is 28.2 Å². The van der Waals surface area contributed by atoms with Crippen LogP contribution in [0.15, 0.2) is 22.4 Å². The van der Waals surface area contributed by atoms with Gasteiger partial charge in [0, 0.05) is 12.2 Å². The fourth-order valence-corrected chi connectivity index (χ4v) is 4.28. The SMILES string of the molecule is Cc1nc(N)sc1SCCc1ccc2c(c1)CCO2. The van der Waals surface area contributed by atoms with E-state index >= 15 is 0 Å². The van der Waals surface area contributed by atoms with Crippen molar-refractivity contribution in [3.05, 3.63) is 35.0 Å². The van der Waals surface area contributed by atoms with Crippen molar-refractivity contribution in [1.29, 1.82) is 0 Å². The van der Waals surface area contributed by atoms with Crippen LogP contribution in [0.25, 0.3) is 0 Å². The number of anilines is 1. The zero-order valence-corrected chi connectivity index (χ0v) is 12.4. The number of nitrogens with two attached hydrogens (primary N) is 1. The van der Waals surface area contributed by atoms with Crippen molar-refractivity contribution in [2.45, 2.75) is 24.0 Å². The zero-order valence-electron chi connectivity index (χ0n) is 10.8. The number of aromatic nitrogens is 1. The third-order valence-corrected chi connectivity index (χ3v) is 5.50. The maximum absolute atomic E-state index is 5.70. The van der Waals surface area contributed by atoms with Gasteiger partial charge in [0.15, 0.2) is 5.13 Å². The minimum Gasteiger partial charge on any atom is -0.493 e. The number of hydrogen-bond donors (Lipinski definition) is 1. The lowest BCUT2D eigenvalue weighted by Crippen LogP contribution is -1.90. The summed E-state index contributed by atoms with van der Waals surface area (Å²) in [6, 6.07) is 6.54. The first-order valence-electron chi connectivity index (χ1n) is 6.32. The number of nitrogens with zero attached hydrogens (tertiary/aromatic N) is 1. The van der Waals surface area contributed by atoms with Gasteiger partial charge < -0.3 is 10.5 Å². The van der Waals surface area contributed by atoms with Crippen LogP contribution < -0.4 is 10.5 Å². The highest BCUT2D eigenvalue weighted by atomic mass is 32.2. The number of fused-ring (bicyclic) bond motifs is 1. The van der Waals surface area contributed by atoms with Gasteiger partial charge in [-0.2, -0.15) is 0 Å². The molecule has 3 nitrogen and oxygen atoms in total. The lowest BCUT2D eigenvalue weighted by Gasteiger charge is -2.04. The monoisotopic (exact) mass is 292 g/mol. The highest BCUT2D eigenvalue weighted by Crippen LogP contribution is 2.31. The molecule has 0 atom stereocenters. The molecule has 1 aromatic carbocycles. The molecule has 2 N–H and O–H groups in total. The molecule has 2 aromatic rings. The summed E-state index contributed by atoms with van der Waals surface area (Å²) < 4.78 is 6.76. The minimum absolute atomic E-state index is 0.662. The Kier molecular flexibility index (Phi) is 3.66. The second kappa shape index (κ2) is 5.43. The molecule has 0 unspecified atom stereocenters. The standard InChI is InChI=1S/C14H16N2OS2/c1-9-13(19-14(15)16-9)18-7-5-10-2-3-12-11(8-10)4-6-17-12/h2-3,8H,4-7H2,1H3,(H2,15,16). The summed E-state index contributed by atoms with van der Waals surface area (Å²) in [7, 11) is 0. The highest BCUT2D eigenvalue weighted by molar-refractivity contribution is 8.01. The molecule has 1 aromatic heterocycles. The molecule has 0 saturated heterocycles. The van der Waals surface area contributed by atoms with Crippen molar-refractivity contribution in [2.75, 3.05) is 18.1 Å². The second-order valence-electron chi connectivity index (χ2n) is 4.56. The molecule has 0 aliphatic carbocycles. The van der Waals surface area contributed by atoms with Crippen LogP contribution in [0.5, 0.6) is 5.75 Å². The maximum atomic E-state index is 5.70. The lowest BCUT2D eigenvalue weighted by molar-refractivity contribution is 0.357. The summed E-state index contributed by atoms with van der Waals surface area (Å²) in [6.45, 7) is 2.84. The van der Waals surface area contributed by atoms with Gasteiger partial charge in [0.05, 0.1) is 16.5 Å². The van der Waals surface area contributed by atoms with Gasteiger partial charge in [0.25, 0.3) is 0 Å². The molecular weight excluding hydrogens is 276 g/mol. The van der Waals surface area contributed by atoms with E-state index < -0.39 is 0 Å². The van der Waals surface area contributed by atoms with Gasteiger partial charge in [-0.1, -0.05) is 23.5 Å². The smallest absolute Gasteiger partial charge is 0.181 e. The Morgan fingerprint density at radius 2 is 2.37 bits per heavy atom. The molecular formula is C14H16N2OS2. The number of thiazole rings is 1. The first-order valence-corrected chi connectivity index (χ1v) is 8.13. The predicted molar refractivity (Wildman–Crippen MR) is 81.3 cm³/mol. The Morgan fingerprint density at radius 1 is 1.47 bits per heavy atom. The number of ether oxygens (including phenoxy) is 1. The summed E-state index contributed by atoms with van der Waals surface area (Å²) in [5.74, 6) is 2.12. The summed E-state index contributed by atoms with van der Waals surface area (Å²) in [5, 5.41) is 0.662. The largest absolute Gasteiger partial charge is 0.493 e. The minimum atomic E-state index is 0.662. The van der Waals surface area contributed by atoms with Gasteiger partial charge in [-0.15, -0.1) is 11.8 Å². The van der Waals surface area contributed by atoms with E-state index in [1.807, 2.05) is 18.7 Å². The summed E-state index contributed by atoms with van der Waals surface area (Å²) >= 11 is 3.42. The van der Waals surface area contributed by atoms with Gasteiger partial charge in [0.2, 0.25) is 0 Å². The van der Waals surface area contributed by atoms with E-state index in [0.29, 0.717) is 5.13 Å². The van der Waals surface area contributed by atoms with Crippen LogP contribution in [0.1, 0.15) is 16.8 Å². The topological polar surface area (TPSA) is 48.1 Å². The van der Waals surface area contributed by atoms with E-state index in [1.54, 1.807) is 11.3 Å². The third-order valence-electron chi connectivity index (χ3n) is 3.15. The lowest BCUT2D eigenvalue weighted by atomic mass is 10.1. The summed E-state index contributed by atoms with van der Waals surface area (Å²) in [6.07, 6.45) is 2.11. The molecule has 0 saturated carbocycles. The van der Waals surface area contributed by atoms with Crippen LogP contribution in [-0.2, 0) is 12.8 Å². The molecule has 2 heterocycles. The van der Waals surface area contributed by atoms with Gasteiger partial charge in [-0.3, -0.25) is 0 Å². The normalized spacial score (nSPS) is 13.3. The molecule has 1 aliphatic rings. The maximum Gasteiger partial charge on any atom is 0.181 e. The van der Waals surface area contributed by atoms with Crippen molar-refractivity contribution in [2.24, 2.45) is 0 Å². The highest BCUT2D eigenvalue weighted by Gasteiger charge is 2.12. The molecule has 0 spiro atoms. The Hall–Kier alpha value is -1.20. The Balaban J connectivity index is 1.59. The number of rotatable bonds is 4. The van der Waals surface area contributed by atoms with E-state index in [9.17, 15) is 0 Å². The molecule has 100 valence electrons. The molecule has 0 fully saturated rings. The third kappa shape index (κ3) is 2.87. The second-order valence-corrected chi connectivity index (χ2v) is 6.96. The molecule has 19 heavy (non-hydrogen) atoms. The van der Waals surface area contributed by atoms with Crippen LogP contribution in [0.3, 0.4) is 0 Å². The molecule has 3 rings (SSSR count). The average molecular weight is 292 g/mol. The number of nitrogen functional groups attached to an aromatic ring is 1. The zero-order chi connectivity index (χ0) is 13.2. The Bertz CT molecular complexity index is 595. The first kappa shape index (κ1) is 12.8. The van der Waals surface area contributed by atoms with Crippen molar-refractivity contribution < 1.29 is 4.74 Å². The summed E-state index contributed by atoms with van der Waals surface area (Å²) in [5.41, 5.74) is 9.48. The molecule has 0 amide bonds. The molecule has 5 heteroatoms. The number of aryl methyl sites for hydroxylation is 2. The van der Waals surface area contributed by atoms with Gasteiger partial charge in [-0.25, -0.2) is 4.98 Å². The van der Waals surface area contributed by atoms with Crippen LogP contribution in [-0.4, -0.2) is 17.3 Å². The number of benzene rings is 1. The quantitative estimate of drug-likeness (QED) is 0.878. The molecule has 0 bridgehead atoms. The van der Waals surface area contributed by atoms with E-state index in [0.717, 1.165) is 36.6 Å². The van der Waals surface area contributed by atoms with Gasteiger partial charge in [0.1, 0.15) is 5.75 Å². The first-order chi connectivity index (χ1) is 9.22. The van der Waals surface area contributed by atoms with Crippen molar-refractivity contribution in [3.63, 3.8) is 0 Å². The number of thioether (sulfide) groups is 1. The van der Waals surface area contributed by atoms with Crippen molar-refractivity contribution in [3.8, 4) is 5.75 Å². The van der Waals surface area contributed by atoms with Crippen LogP contribution >= 0.6 is 23.1 Å². The van der Waals surface area contributed by atoms with Crippen LogP contribution in [0.4, 0.5) is 5.13 Å². The van der Waals surface area contributed by atoms with Crippen LogP contribution in [0.2, 0.25) is 0 Å². The fraction of sp³-hybridized carbons (Fsp3) is 0.357. The average Bonchev–Trinajstić information content (AvgIpc) is 2.96. The van der Waals surface area contributed by atoms with E-state index in [1.165, 1.54) is 15.3 Å². The Morgan fingerprint density at radius 3 is 3.16 bits per heavy atom. The van der Waals surface area contributed by atoms with Crippen molar-refractivity contribution in [1.82, 2.24) is 4.98 Å². The van der Waals surface area contributed by atoms with E-state index in [2.05, 4.69) is 23.2 Å². The van der Waals surface area contributed by atoms with Crippen LogP contribution in [0, 0.1) is 6.92 Å².